The van der Waals surface area contributed by atoms with E-state index < -0.39 is 0 Å². The van der Waals surface area contributed by atoms with Gasteiger partial charge in [0, 0.05) is 27.3 Å². The highest BCUT2D eigenvalue weighted by atomic mass is 35.5. The lowest BCUT2D eigenvalue weighted by Crippen LogP contribution is -2.31. The van der Waals surface area contributed by atoms with Crippen LogP contribution in [0.3, 0.4) is 0 Å². The molecule has 1 rings (SSSR count). The summed E-state index contributed by atoms with van der Waals surface area (Å²) in [7, 11) is 3.32. The van der Waals surface area contributed by atoms with Crippen molar-refractivity contribution in [1.29, 1.82) is 0 Å². The maximum atomic E-state index is 6.08. The molecule has 0 saturated heterocycles. The molecule has 0 aliphatic heterocycles. The first-order valence-electron chi connectivity index (χ1n) is 5.34. The third-order valence-corrected chi connectivity index (χ3v) is 3.26. The van der Waals surface area contributed by atoms with Gasteiger partial charge in [-0.3, -0.25) is 0 Å². The second-order valence-corrected chi connectivity index (χ2v) is 4.44. The molecule has 96 valence electrons. The van der Waals surface area contributed by atoms with Crippen molar-refractivity contribution in [3.8, 4) is 0 Å². The van der Waals surface area contributed by atoms with E-state index in [1.54, 1.807) is 20.3 Å². The first-order valence-corrected chi connectivity index (χ1v) is 6.10. The molecule has 1 aromatic rings. The number of ether oxygens (including phenoxy) is 2. The van der Waals surface area contributed by atoms with Gasteiger partial charge in [0.15, 0.2) is 0 Å². The topological polar surface area (TPSA) is 30.5 Å². The zero-order chi connectivity index (χ0) is 12.7. The van der Waals surface area contributed by atoms with E-state index in [1.165, 1.54) is 0 Å². The van der Waals surface area contributed by atoms with Gasteiger partial charge in [-0.25, -0.2) is 0 Å². The summed E-state index contributed by atoms with van der Waals surface area (Å²) in [6, 6.07) is 5.60. The minimum Gasteiger partial charge on any atom is -0.382 e. The minimum absolute atomic E-state index is 0.0398. The molecule has 5 heteroatoms. The Morgan fingerprint density at radius 1 is 1.29 bits per heavy atom. The fourth-order valence-corrected chi connectivity index (χ4v) is 1.84. The molecule has 1 atom stereocenters. The van der Waals surface area contributed by atoms with E-state index in [0.29, 0.717) is 29.7 Å². The van der Waals surface area contributed by atoms with Crippen molar-refractivity contribution in [3.05, 3.63) is 33.8 Å². The normalized spacial score (nSPS) is 12.7. The SMILES string of the molecule is COCC(CNCc1cccc(Cl)c1Cl)OC. The first kappa shape index (κ1) is 14.7. The number of hydrogen-bond acceptors (Lipinski definition) is 3. The van der Waals surface area contributed by atoms with Crippen molar-refractivity contribution < 1.29 is 9.47 Å². The van der Waals surface area contributed by atoms with Crippen LogP contribution in [0.5, 0.6) is 0 Å². The van der Waals surface area contributed by atoms with Crippen molar-refractivity contribution in [3.63, 3.8) is 0 Å². The maximum absolute atomic E-state index is 6.08. The highest BCUT2D eigenvalue weighted by Crippen LogP contribution is 2.25. The van der Waals surface area contributed by atoms with Crippen molar-refractivity contribution >= 4 is 23.2 Å². The van der Waals surface area contributed by atoms with Gasteiger partial charge < -0.3 is 14.8 Å². The van der Waals surface area contributed by atoms with Gasteiger partial charge in [-0.1, -0.05) is 35.3 Å². The van der Waals surface area contributed by atoms with Gasteiger partial charge in [-0.15, -0.1) is 0 Å². The highest BCUT2D eigenvalue weighted by Gasteiger charge is 2.07. The summed E-state index contributed by atoms with van der Waals surface area (Å²) >= 11 is 12.0. The Bertz CT molecular complexity index is 347. The molecular weight excluding hydrogens is 261 g/mol. The van der Waals surface area contributed by atoms with Crippen LogP contribution in [0.1, 0.15) is 5.56 Å². The smallest absolute Gasteiger partial charge is 0.0928 e. The Morgan fingerprint density at radius 3 is 2.71 bits per heavy atom. The quantitative estimate of drug-likeness (QED) is 0.832. The largest absolute Gasteiger partial charge is 0.382 e. The number of rotatable bonds is 7. The number of benzene rings is 1. The molecule has 3 nitrogen and oxygen atoms in total. The summed E-state index contributed by atoms with van der Waals surface area (Å²) in [5.41, 5.74) is 0.978. The molecule has 0 bridgehead atoms. The summed E-state index contributed by atoms with van der Waals surface area (Å²) in [4.78, 5) is 0. The number of methoxy groups -OCH3 is 2. The molecule has 0 radical (unpaired) electrons. The molecule has 0 heterocycles. The summed E-state index contributed by atoms with van der Waals surface area (Å²) < 4.78 is 10.3. The monoisotopic (exact) mass is 277 g/mol. The van der Waals surface area contributed by atoms with Gasteiger partial charge in [0.05, 0.1) is 22.8 Å². The molecule has 1 unspecified atom stereocenters. The summed E-state index contributed by atoms with van der Waals surface area (Å²) in [6.45, 7) is 1.92. The Kier molecular flexibility index (Phi) is 6.85. The predicted molar refractivity (Wildman–Crippen MR) is 70.8 cm³/mol. The zero-order valence-corrected chi connectivity index (χ0v) is 11.5. The molecule has 1 aromatic carbocycles. The summed E-state index contributed by atoms with van der Waals surface area (Å²) in [6.07, 6.45) is 0.0398. The zero-order valence-electron chi connectivity index (χ0n) is 10.0. The number of nitrogens with one attached hydrogen (secondary N) is 1. The second kappa shape index (κ2) is 7.90. The van der Waals surface area contributed by atoms with E-state index >= 15 is 0 Å². The molecule has 0 spiro atoms. The standard InChI is InChI=1S/C12H17Cl2NO2/c1-16-8-10(17-2)7-15-6-9-4-3-5-11(13)12(9)14/h3-5,10,15H,6-8H2,1-2H3. The van der Waals surface area contributed by atoms with Gasteiger partial charge in [-0.2, -0.15) is 0 Å². The van der Waals surface area contributed by atoms with Crippen LogP contribution >= 0.6 is 23.2 Å². The second-order valence-electron chi connectivity index (χ2n) is 3.66. The highest BCUT2D eigenvalue weighted by molar-refractivity contribution is 6.42. The van der Waals surface area contributed by atoms with Crippen molar-refractivity contribution in [2.75, 3.05) is 27.4 Å². The lowest BCUT2D eigenvalue weighted by atomic mass is 10.2. The molecule has 17 heavy (non-hydrogen) atoms. The van der Waals surface area contributed by atoms with E-state index in [2.05, 4.69) is 5.32 Å². The van der Waals surface area contributed by atoms with Gasteiger partial charge >= 0.3 is 0 Å². The van der Waals surface area contributed by atoms with Crippen LogP contribution in [-0.2, 0) is 16.0 Å². The van der Waals surface area contributed by atoms with Crippen LogP contribution in [0.25, 0.3) is 0 Å². The van der Waals surface area contributed by atoms with Gasteiger partial charge in [0.2, 0.25) is 0 Å². The predicted octanol–water partition coefficient (Wildman–Crippen LogP) is 2.74. The number of hydrogen-bond donors (Lipinski definition) is 1. The molecule has 0 aromatic heterocycles. The number of halogens is 2. The van der Waals surface area contributed by atoms with Crippen molar-refractivity contribution in [1.82, 2.24) is 5.32 Å². The van der Waals surface area contributed by atoms with Crippen LogP contribution in [0.4, 0.5) is 0 Å². The van der Waals surface area contributed by atoms with Crippen LogP contribution < -0.4 is 5.32 Å². The molecule has 0 saturated carbocycles. The molecule has 0 aliphatic carbocycles. The molecular formula is C12H17Cl2NO2. The Labute approximate surface area is 112 Å². The summed E-state index contributed by atoms with van der Waals surface area (Å²) in [5.74, 6) is 0. The van der Waals surface area contributed by atoms with Crippen LogP contribution in [-0.4, -0.2) is 33.5 Å². The summed E-state index contributed by atoms with van der Waals surface area (Å²) in [5, 5.41) is 4.43. The first-order chi connectivity index (χ1) is 8.19. The Morgan fingerprint density at radius 2 is 2.06 bits per heavy atom. The van der Waals surface area contributed by atoms with Crippen LogP contribution in [0.2, 0.25) is 10.0 Å². The van der Waals surface area contributed by atoms with Crippen molar-refractivity contribution in [2.24, 2.45) is 0 Å². The van der Waals surface area contributed by atoms with Gasteiger partial charge in [0.25, 0.3) is 0 Å². The van der Waals surface area contributed by atoms with E-state index in [0.717, 1.165) is 5.56 Å². The fourth-order valence-electron chi connectivity index (χ4n) is 1.45. The molecule has 1 N–H and O–H groups in total. The van der Waals surface area contributed by atoms with E-state index in [9.17, 15) is 0 Å². The van der Waals surface area contributed by atoms with Crippen molar-refractivity contribution in [2.45, 2.75) is 12.6 Å². The van der Waals surface area contributed by atoms with Crippen LogP contribution in [0, 0.1) is 0 Å². The Hall–Kier alpha value is -0.320. The molecule has 0 amide bonds. The average molecular weight is 278 g/mol. The molecule has 0 fully saturated rings. The molecule has 0 aliphatic rings. The lowest BCUT2D eigenvalue weighted by Gasteiger charge is -2.15. The Balaban J connectivity index is 2.42. The fraction of sp³-hybridized carbons (Fsp3) is 0.500. The van der Waals surface area contributed by atoms with E-state index in [-0.39, 0.29) is 6.10 Å². The van der Waals surface area contributed by atoms with E-state index in [1.807, 2.05) is 12.1 Å². The third-order valence-electron chi connectivity index (χ3n) is 2.40. The van der Waals surface area contributed by atoms with E-state index in [4.69, 9.17) is 32.7 Å². The van der Waals surface area contributed by atoms with Gasteiger partial charge in [-0.05, 0) is 11.6 Å². The van der Waals surface area contributed by atoms with Crippen LogP contribution in [0.15, 0.2) is 18.2 Å². The average Bonchev–Trinajstić information content (AvgIpc) is 2.33. The minimum atomic E-state index is 0.0398. The lowest BCUT2D eigenvalue weighted by molar-refractivity contribution is 0.0288. The third kappa shape index (κ3) is 4.82. The van der Waals surface area contributed by atoms with Gasteiger partial charge in [0.1, 0.15) is 0 Å². The maximum Gasteiger partial charge on any atom is 0.0928 e.